The van der Waals surface area contributed by atoms with Crippen molar-refractivity contribution in [3.63, 3.8) is 0 Å². The first-order chi connectivity index (χ1) is 12.2. The molecule has 1 aromatic carbocycles. The van der Waals surface area contributed by atoms with E-state index in [4.69, 9.17) is 0 Å². The number of benzene rings is 1. The Bertz CT molecular complexity index is 1030. The van der Waals surface area contributed by atoms with Gasteiger partial charge in [-0.15, -0.1) is 11.3 Å². The summed E-state index contributed by atoms with van der Waals surface area (Å²) in [5.41, 5.74) is 0.261. The van der Waals surface area contributed by atoms with Crippen LogP contribution in [0.4, 0.5) is 13.2 Å². The van der Waals surface area contributed by atoms with Crippen LogP contribution in [-0.2, 0) is 16.0 Å². The van der Waals surface area contributed by atoms with Crippen LogP contribution in [0.5, 0.6) is 0 Å². The molecule has 0 unspecified atom stereocenters. The Hall–Kier alpha value is -2.60. The van der Waals surface area contributed by atoms with Crippen molar-refractivity contribution in [2.45, 2.75) is 10.5 Å². The van der Waals surface area contributed by atoms with Gasteiger partial charge < -0.3 is 4.52 Å². The lowest BCUT2D eigenvalue weighted by Crippen LogP contribution is -2.16. The van der Waals surface area contributed by atoms with E-state index in [9.17, 15) is 26.4 Å². The van der Waals surface area contributed by atoms with E-state index in [0.717, 1.165) is 11.3 Å². The number of ketones is 1. The van der Waals surface area contributed by atoms with Gasteiger partial charge in [0.25, 0.3) is 0 Å². The van der Waals surface area contributed by atoms with Gasteiger partial charge in [0.2, 0.25) is 20.0 Å². The molecule has 0 N–H and O–H groups in total. The monoisotopic (exact) mass is 403 g/mol. The first-order valence-electron chi connectivity index (χ1n) is 6.83. The smallest absolute Gasteiger partial charge is 0.329 e. The number of alkyl halides is 3. The van der Waals surface area contributed by atoms with Crippen LogP contribution in [0.25, 0.3) is 11.4 Å². The number of carbonyl (C=O) groups is 1. The summed E-state index contributed by atoms with van der Waals surface area (Å²) in [6.45, 7) is 0. The van der Waals surface area contributed by atoms with Gasteiger partial charge in [0.05, 0.1) is 0 Å². The van der Waals surface area contributed by atoms with E-state index >= 15 is 0 Å². The standard InChI is InChI=1S/C14H8F3N3O4S2/c15-14(16,17)12-19-11(20-24-12)9-3-1-8(2-4-9)10(21)7-26(22,23)13-18-5-6-25-13/h1-6H,7H2. The first-order valence-corrected chi connectivity index (χ1v) is 9.37. The van der Waals surface area contributed by atoms with E-state index in [2.05, 4.69) is 19.6 Å². The number of halogens is 3. The SMILES string of the molecule is O=C(CS(=O)(=O)c1nccs1)c1ccc(-c2noc(C(F)(F)F)n2)cc1. The van der Waals surface area contributed by atoms with Crippen LogP contribution in [0.1, 0.15) is 16.2 Å². The van der Waals surface area contributed by atoms with Gasteiger partial charge in [0.15, 0.2) is 5.78 Å². The number of hydrogen-bond donors (Lipinski definition) is 0. The summed E-state index contributed by atoms with van der Waals surface area (Å²) in [7, 11) is -3.85. The number of carbonyl (C=O) groups excluding carboxylic acids is 1. The fraction of sp³-hybridized carbons (Fsp3) is 0.143. The molecule has 0 spiro atoms. The lowest BCUT2D eigenvalue weighted by Gasteiger charge is -2.02. The summed E-state index contributed by atoms with van der Waals surface area (Å²) >= 11 is 0.901. The van der Waals surface area contributed by atoms with Gasteiger partial charge in [0.1, 0.15) is 5.75 Å². The molecule has 0 aliphatic rings. The van der Waals surface area contributed by atoms with Crippen molar-refractivity contribution in [3.8, 4) is 11.4 Å². The Kier molecular flexibility index (Phi) is 4.63. The highest BCUT2D eigenvalue weighted by Crippen LogP contribution is 2.29. The quantitative estimate of drug-likeness (QED) is 0.604. The second-order valence-corrected chi connectivity index (χ2v) is 8.04. The van der Waals surface area contributed by atoms with E-state index in [-0.39, 0.29) is 21.3 Å². The van der Waals surface area contributed by atoms with Gasteiger partial charge in [-0.25, -0.2) is 13.4 Å². The Morgan fingerprint density at radius 1 is 1.19 bits per heavy atom. The van der Waals surface area contributed by atoms with E-state index in [1.165, 1.54) is 35.8 Å². The number of thiazole rings is 1. The number of aromatic nitrogens is 3. The number of hydrogen-bond acceptors (Lipinski definition) is 8. The fourth-order valence-electron chi connectivity index (χ4n) is 1.94. The minimum Gasteiger partial charge on any atom is -0.329 e. The highest BCUT2D eigenvalue weighted by molar-refractivity contribution is 7.94. The fourth-order valence-corrected chi connectivity index (χ4v) is 4.09. The highest BCUT2D eigenvalue weighted by Gasteiger charge is 2.38. The summed E-state index contributed by atoms with van der Waals surface area (Å²) in [6.07, 6.45) is -3.44. The van der Waals surface area contributed by atoms with Crippen molar-refractivity contribution in [3.05, 3.63) is 47.3 Å². The average Bonchev–Trinajstić information content (AvgIpc) is 3.26. The molecule has 0 bridgehead atoms. The van der Waals surface area contributed by atoms with Crippen LogP contribution < -0.4 is 0 Å². The van der Waals surface area contributed by atoms with Crippen LogP contribution in [0.3, 0.4) is 0 Å². The Labute approximate surface area is 148 Å². The third kappa shape index (κ3) is 3.80. The largest absolute Gasteiger partial charge is 0.471 e. The zero-order valence-electron chi connectivity index (χ0n) is 12.6. The van der Waals surface area contributed by atoms with Crippen LogP contribution in [-0.4, -0.2) is 35.1 Å². The van der Waals surface area contributed by atoms with Gasteiger partial charge in [-0.05, 0) is 0 Å². The molecule has 3 aromatic rings. The molecular weight excluding hydrogens is 395 g/mol. The lowest BCUT2D eigenvalue weighted by molar-refractivity contribution is -0.159. The Balaban J connectivity index is 1.77. The number of rotatable bonds is 5. The third-order valence-corrected chi connectivity index (χ3v) is 6.03. The number of sulfone groups is 1. The summed E-state index contributed by atoms with van der Waals surface area (Å²) in [6, 6.07) is 5.15. The Morgan fingerprint density at radius 3 is 2.42 bits per heavy atom. The molecule has 0 fully saturated rings. The molecule has 2 aromatic heterocycles. The third-order valence-electron chi connectivity index (χ3n) is 3.13. The number of Topliss-reactive ketones (excluding diaryl/α,β-unsaturated/α-hetero) is 1. The van der Waals surface area contributed by atoms with Gasteiger partial charge >= 0.3 is 12.1 Å². The van der Waals surface area contributed by atoms with Crippen molar-refractivity contribution in [2.75, 3.05) is 5.75 Å². The second-order valence-electron chi connectivity index (χ2n) is 4.98. The first kappa shape index (κ1) is 18.2. The number of nitrogens with zero attached hydrogens (tertiary/aromatic N) is 3. The summed E-state index contributed by atoms with van der Waals surface area (Å²) in [5.74, 6) is -3.22. The molecule has 0 amide bonds. The molecule has 2 heterocycles. The normalized spacial score (nSPS) is 12.3. The van der Waals surface area contributed by atoms with Crippen LogP contribution in [0, 0.1) is 0 Å². The highest BCUT2D eigenvalue weighted by atomic mass is 32.2. The maximum atomic E-state index is 12.5. The van der Waals surface area contributed by atoms with Gasteiger partial charge in [-0.2, -0.15) is 18.2 Å². The van der Waals surface area contributed by atoms with Gasteiger partial charge in [-0.1, -0.05) is 29.4 Å². The molecule has 7 nitrogen and oxygen atoms in total. The minimum absolute atomic E-state index is 0.0772. The predicted octanol–water partition coefficient (Wildman–Crippen LogP) is 2.87. The molecule has 136 valence electrons. The molecule has 26 heavy (non-hydrogen) atoms. The van der Waals surface area contributed by atoms with Crippen molar-refractivity contribution in [2.24, 2.45) is 0 Å². The van der Waals surface area contributed by atoms with Crippen molar-refractivity contribution < 1.29 is 30.9 Å². The van der Waals surface area contributed by atoms with E-state index in [1.54, 1.807) is 0 Å². The van der Waals surface area contributed by atoms with Crippen LogP contribution >= 0.6 is 11.3 Å². The predicted molar refractivity (Wildman–Crippen MR) is 83.2 cm³/mol. The molecule has 0 radical (unpaired) electrons. The topological polar surface area (TPSA) is 103 Å². The lowest BCUT2D eigenvalue weighted by atomic mass is 10.1. The van der Waals surface area contributed by atoms with Crippen LogP contribution in [0.2, 0.25) is 0 Å². The molecule has 0 aliphatic carbocycles. The van der Waals surface area contributed by atoms with Crippen molar-refractivity contribution >= 4 is 27.0 Å². The molecule has 12 heteroatoms. The van der Waals surface area contributed by atoms with E-state index in [0.29, 0.717) is 0 Å². The molecule has 0 aliphatic heterocycles. The molecule has 0 saturated heterocycles. The zero-order valence-corrected chi connectivity index (χ0v) is 14.2. The molecule has 0 saturated carbocycles. The maximum absolute atomic E-state index is 12.5. The zero-order chi connectivity index (χ0) is 18.9. The summed E-state index contributed by atoms with van der Waals surface area (Å²) in [4.78, 5) is 19.0. The maximum Gasteiger partial charge on any atom is 0.471 e. The second kappa shape index (κ2) is 6.61. The summed E-state index contributed by atoms with van der Waals surface area (Å²) in [5, 5.41) is 4.71. The van der Waals surface area contributed by atoms with Gasteiger partial charge in [-0.3, -0.25) is 4.79 Å². The van der Waals surface area contributed by atoms with E-state index in [1.807, 2.05) is 0 Å². The molecule has 0 atom stereocenters. The van der Waals surface area contributed by atoms with Crippen molar-refractivity contribution in [1.29, 1.82) is 0 Å². The van der Waals surface area contributed by atoms with E-state index < -0.39 is 33.4 Å². The minimum atomic E-state index is -4.76. The molecular formula is C14H8F3N3O4S2. The van der Waals surface area contributed by atoms with Gasteiger partial charge in [0, 0.05) is 22.7 Å². The Morgan fingerprint density at radius 2 is 1.88 bits per heavy atom. The van der Waals surface area contributed by atoms with Crippen LogP contribution in [0.15, 0.2) is 44.7 Å². The molecule has 3 rings (SSSR count). The average molecular weight is 403 g/mol. The van der Waals surface area contributed by atoms with Crippen molar-refractivity contribution in [1.82, 2.24) is 15.1 Å². The summed E-state index contributed by atoms with van der Waals surface area (Å²) < 4.78 is 65.4.